The van der Waals surface area contributed by atoms with Gasteiger partial charge in [-0.3, -0.25) is 9.59 Å². The Morgan fingerprint density at radius 2 is 1.93 bits per heavy atom. The molecule has 3 aliphatic rings. The van der Waals surface area contributed by atoms with Gasteiger partial charge < -0.3 is 10.2 Å². The van der Waals surface area contributed by atoms with Gasteiger partial charge in [0.1, 0.15) is 5.82 Å². The average molecular weight is 413 g/mol. The molecule has 0 radical (unpaired) electrons. The van der Waals surface area contributed by atoms with E-state index in [1.807, 2.05) is 11.0 Å². The van der Waals surface area contributed by atoms with Crippen LogP contribution in [0.15, 0.2) is 36.0 Å². The number of rotatable bonds is 6. The quantitative estimate of drug-likeness (QED) is 0.680. The molecule has 1 heterocycles. The molecule has 1 unspecified atom stereocenters. The van der Waals surface area contributed by atoms with Gasteiger partial charge in [-0.1, -0.05) is 31.1 Å². The van der Waals surface area contributed by atoms with E-state index in [0.29, 0.717) is 25.3 Å². The number of piperidine rings is 1. The Morgan fingerprint density at radius 1 is 1.13 bits per heavy atom. The van der Waals surface area contributed by atoms with Gasteiger partial charge in [-0.25, -0.2) is 4.39 Å². The number of halogens is 1. The van der Waals surface area contributed by atoms with Crippen LogP contribution < -0.4 is 5.32 Å². The molecule has 30 heavy (non-hydrogen) atoms. The Hall–Kier alpha value is -2.17. The summed E-state index contributed by atoms with van der Waals surface area (Å²) in [7, 11) is 0. The lowest BCUT2D eigenvalue weighted by molar-refractivity contribution is -0.131. The SMILES string of the molecule is O=C(CCCNC(=O)C1(c2cccc(F)c2)CCCC1)N1CCCC2CCCC=C21. The summed E-state index contributed by atoms with van der Waals surface area (Å²) in [6, 6.07) is 6.46. The third-order valence-corrected chi connectivity index (χ3v) is 7.20. The minimum Gasteiger partial charge on any atom is -0.355 e. The van der Waals surface area contributed by atoms with Gasteiger partial charge in [0.25, 0.3) is 0 Å². The summed E-state index contributed by atoms with van der Waals surface area (Å²) in [5.41, 5.74) is 1.40. The lowest BCUT2D eigenvalue weighted by atomic mass is 9.78. The standard InChI is InChI=1S/C25H33FN2O2/c26-21-11-5-10-20(18-21)25(14-3-4-15-25)24(30)27-16-6-13-23(29)28-17-7-9-19-8-1-2-12-22(19)28/h5,10-12,18-19H,1-4,6-9,13-17H2,(H,27,30). The predicted octanol–water partition coefficient (Wildman–Crippen LogP) is 4.84. The second-order valence-electron chi connectivity index (χ2n) is 9.10. The lowest BCUT2D eigenvalue weighted by Gasteiger charge is -2.38. The van der Waals surface area contributed by atoms with Crippen LogP contribution in [-0.2, 0) is 15.0 Å². The number of hydrogen-bond donors (Lipinski definition) is 1. The van der Waals surface area contributed by atoms with Crippen LogP contribution in [0.25, 0.3) is 0 Å². The van der Waals surface area contributed by atoms with E-state index in [-0.39, 0.29) is 17.6 Å². The van der Waals surface area contributed by atoms with Crippen LogP contribution in [0.3, 0.4) is 0 Å². The Balaban J connectivity index is 1.31. The summed E-state index contributed by atoms with van der Waals surface area (Å²) in [5.74, 6) is 0.424. The molecule has 1 aromatic rings. The smallest absolute Gasteiger partial charge is 0.230 e. The van der Waals surface area contributed by atoms with Crippen molar-refractivity contribution in [1.29, 1.82) is 0 Å². The molecule has 162 valence electrons. The molecule has 4 nitrogen and oxygen atoms in total. The van der Waals surface area contributed by atoms with Crippen LogP contribution in [0.2, 0.25) is 0 Å². The van der Waals surface area contributed by atoms with E-state index in [1.54, 1.807) is 6.07 Å². The number of carbonyl (C=O) groups excluding carboxylic acids is 2. The Kier molecular flexibility index (Phi) is 6.55. The van der Waals surface area contributed by atoms with Crippen LogP contribution in [0, 0.1) is 11.7 Å². The maximum atomic E-state index is 13.8. The summed E-state index contributed by atoms with van der Waals surface area (Å²) in [6.07, 6.45) is 12.6. The van der Waals surface area contributed by atoms with E-state index in [0.717, 1.165) is 50.6 Å². The first-order valence-corrected chi connectivity index (χ1v) is 11.6. The van der Waals surface area contributed by atoms with Gasteiger partial charge in [0, 0.05) is 25.2 Å². The van der Waals surface area contributed by atoms with Gasteiger partial charge in [-0.2, -0.15) is 0 Å². The third-order valence-electron chi connectivity index (χ3n) is 7.20. The average Bonchev–Trinajstić information content (AvgIpc) is 3.27. The van der Waals surface area contributed by atoms with Gasteiger partial charge in [0.15, 0.2) is 0 Å². The van der Waals surface area contributed by atoms with Crippen molar-refractivity contribution in [3.63, 3.8) is 0 Å². The molecule has 1 aromatic carbocycles. The minimum atomic E-state index is -0.626. The molecule has 4 rings (SSSR count). The molecule has 2 fully saturated rings. The van der Waals surface area contributed by atoms with Gasteiger partial charge in [0.05, 0.1) is 5.41 Å². The van der Waals surface area contributed by atoms with Crippen molar-refractivity contribution in [2.45, 2.75) is 76.0 Å². The fourth-order valence-corrected chi connectivity index (χ4v) is 5.60. The molecule has 1 saturated carbocycles. The predicted molar refractivity (Wildman–Crippen MR) is 115 cm³/mol. The molecule has 1 saturated heterocycles. The molecule has 1 atom stereocenters. The van der Waals surface area contributed by atoms with Gasteiger partial charge in [-0.15, -0.1) is 0 Å². The highest BCUT2D eigenvalue weighted by molar-refractivity contribution is 5.88. The first-order chi connectivity index (χ1) is 14.6. The van der Waals surface area contributed by atoms with Gasteiger partial charge in [-0.05, 0) is 75.0 Å². The summed E-state index contributed by atoms with van der Waals surface area (Å²) in [5, 5.41) is 3.05. The molecular weight excluding hydrogens is 379 g/mol. The molecule has 1 N–H and O–H groups in total. The number of likely N-dealkylation sites (tertiary alicyclic amines) is 1. The van der Waals surface area contributed by atoms with E-state index < -0.39 is 5.41 Å². The summed E-state index contributed by atoms with van der Waals surface area (Å²) >= 11 is 0. The zero-order valence-electron chi connectivity index (χ0n) is 17.8. The Bertz CT molecular complexity index is 813. The van der Waals surface area contributed by atoms with Crippen LogP contribution in [0.5, 0.6) is 0 Å². The number of carbonyl (C=O) groups is 2. The number of nitrogens with one attached hydrogen (secondary N) is 1. The minimum absolute atomic E-state index is 0.0222. The first-order valence-electron chi connectivity index (χ1n) is 11.6. The monoisotopic (exact) mass is 412 g/mol. The van der Waals surface area contributed by atoms with Crippen LogP contribution >= 0.6 is 0 Å². The fourth-order valence-electron chi connectivity index (χ4n) is 5.60. The lowest BCUT2D eigenvalue weighted by Crippen LogP contribution is -2.43. The summed E-state index contributed by atoms with van der Waals surface area (Å²) < 4.78 is 13.8. The van der Waals surface area contributed by atoms with E-state index in [9.17, 15) is 14.0 Å². The van der Waals surface area contributed by atoms with Gasteiger partial charge in [0.2, 0.25) is 11.8 Å². The van der Waals surface area contributed by atoms with Crippen molar-refractivity contribution in [1.82, 2.24) is 10.2 Å². The Labute approximate surface area is 178 Å². The molecule has 0 aromatic heterocycles. The van der Waals surface area contributed by atoms with E-state index in [2.05, 4.69) is 11.4 Å². The highest BCUT2D eigenvalue weighted by atomic mass is 19.1. The number of benzene rings is 1. The molecule has 5 heteroatoms. The summed E-state index contributed by atoms with van der Waals surface area (Å²) in [6.45, 7) is 1.31. The van der Waals surface area contributed by atoms with Crippen molar-refractivity contribution in [3.05, 3.63) is 47.4 Å². The Morgan fingerprint density at radius 3 is 2.73 bits per heavy atom. The second-order valence-corrected chi connectivity index (χ2v) is 9.10. The van der Waals surface area contributed by atoms with Crippen LogP contribution in [-0.4, -0.2) is 29.8 Å². The van der Waals surface area contributed by atoms with E-state index in [1.165, 1.54) is 37.1 Å². The van der Waals surface area contributed by atoms with E-state index >= 15 is 0 Å². The second kappa shape index (κ2) is 9.32. The fraction of sp³-hybridized carbons (Fsp3) is 0.600. The molecule has 0 bridgehead atoms. The topological polar surface area (TPSA) is 49.4 Å². The van der Waals surface area contributed by atoms with Crippen LogP contribution in [0.4, 0.5) is 4.39 Å². The maximum Gasteiger partial charge on any atom is 0.230 e. The van der Waals surface area contributed by atoms with Crippen molar-refractivity contribution >= 4 is 11.8 Å². The van der Waals surface area contributed by atoms with Crippen molar-refractivity contribution in [3.8, 4) is 0 Å². The molecule has 1 aliphatic heterocycles. The molecule has 0 spiro atoms. The highest BCUT2D eigenvalue weighted by Crippen LogP contribution is 2.41. The number of nitrogens with zero attached hydrogens (tertiary/aromatic N) is 1. The van der Waals surface area contributed by atoms with Gasteiger partial charge >= 0.3 is 0 Å². The zero-order valence-corrected chi connectivity index (χ0v) is 17.8. The highest BCUT2D eigenvalue weighted by Gasteiger charge is 2.42. The van der Waals surface area contributed by atoms with Crippen molar-refractivity contribution in [2.24, 2.45) is 5.92 Å². The normalized spacial score (nSPS) is 22.9. The molecule has 2 aliphatic carbocycles. The van der Waals surface area contributed by atoms with E-state index in [4.69, 9.17) is 0 Å². The molecular formula is C25H33FN2O2. The molecule has 2 amide bonds. The number of hydrogen-bond acceptors (Lipinski definition) is 2. The van der Waals surface area contributed by atoms with Crippen molar-refractivity contribution in [2.75, 3.05) is 13.1 Å². The maximum absolute atomic E-state index is 13.8. The summed E-state index contributed by atoms with van der Waals surface area (Å²) in [4.78, 5) is 27.9. The number of amides is 2. The largest absolute Gasteiger partial charge is 0.355 e. The van der Waals surface area contributed by atoms with Crippen molar-refractivity contribution < 1.29 is 14.0 Å². The third kappa shape index (κ3) is 4.30. The zero-order chi connectivity index (χ0) is 21.0. The number of allylic oxidation sites excluding steroid dienone is 2. The van der Waals surface area contributed by atoms with Crippen LogP contribution in [0.1, 0.15) is 76.2 Å². The first kappa shape index (κ1) is 21.1. The number of fused-ring (bicyclic) bond motifs is 1.